The second kappa shape index (κ2) is 7.04. The first-order valence-corrected chi connectivity index (χ1v) is 7.64. The lowest BCUT2D eigenvalue weighted by molar-refractivity contribution is -0.138. The van der Waals surface area contributed by atoms with E-state index in [1.54, 1.807) is 43.1 Å². The summed E-state index contributed by atoms with van der Waals surface area (Å²) >= 11 is 1.62. The van der Waals surface area contributed by atoms with Crippen LogP contribution < -0.4 is 10.1 Å². The van der Waals surface area contributed by atoms with Crippen molar-refractivity contribution in [1.82, 2.24) is 0 Å². The van der Waals surface area contributed by atoms with Gasteiger partial charge in [-0.1, -0.05) is 12.1 Å². The molecular weight excluding hydrogens is 286 g/mol. The van der Waals surface area contributed by atoms with E-state index in [0.29, 0.717) is 0 Å². The molecule has 1 unspecified atom stereocenters. The number of nitrogens with one attached hydrogen (secondary N) is 1. The SMILES string of the molecule is COc1ccc(NC(C(=O)O)c2ccc(SC)cc2)cc1. The third kappa shape index (κ3) is 3.92. The third-order valence-electron chi connectivity index (χ3n) is 3.10. The molecule has 0 fully saturated rings. The van der Waals surface area contributed by atoms with Crippen molar-refractivity contribution in [1.29, 1.82) is 0 Å². The summed E-state index contributed by atoms with van der Waals surface area (Å²) < 4.78 is 5.09. The van der Waals surface area contributed by atoms with Crippen LogP contribution >= 0.6 is 11.8 Å². The molecule has 0 aliphatic carbocycles. The van der Waals surface area contributed by atoms with E-state index in [-0.39, 0.29) is 0 Å². The summed E-state index contributed by atoms with van der Waals surface area (Å²) in [5.41, 5.74) is 1.45. The highest BCUT2D eigenvalue weighted by Gasteiger charge is 2.19. The minimum atomic E-state index is -0.914. The molecule has 4 nitrogen and oxygen atoms in total. The predicted octanol–water partition coefficient (Wildman–Crippen LogP) is 3.65. The van der Waals surface area contributed by atoms with Gasteiger partial charge in [-0.15, -0.1) is 11.8 Å². The average Bonchev–Trinajstić information content (AvgIpc) is 2.53. The first-order valence-electron chi connectivity index (χ1n) is 6.41. The number of benzene rings is 2. The summed E-state index contributed by atoms with van der Waals surface area (Å²) in [6.07, 6.45) is 1.99. The normalized spacial score (nSPS) is 11.7. The molecule has 21 heavy (non-hydrogen) atoms. The second-order valence-corrected chi connectivity index (χ2v) is 5.30. The number of methoxy groups -OCH3 is 1. The molecule has 0 spiro atoms. The van der Waals surface area contributed by atoms with Gasteiger partial charge in [-0.25, -0.2) is 4.79 Å². The van der Waals surface area contributed by atoms with Crippen molar-refractivity contribution in [2.24, 2.45) is 0 Å². The molecule has 0 saturated heterocycles. The highest BCUT2D eigenvalue weighted by Crippen LogP contribution is 2.24. The van der Waals surface area contributed by atoms with Gasteiger partial charge in [0.15, 0.2) is 6.04 Å². The van der Waals surface area contributed by atoms with E-state index in [2.05, 4.69) is 5.32 Å². The van der Waals surface area contributed by atoms with Crippen molar-refractivity contribution >= 4 is 23.4 Å². The van der Waals surface area contributed by atoms with Crippen LogP contribution in [0.2, 0.25) is 0 Å². The fraction of sp³-hybridized carbons (Fsp3) is 0.188. The molecule has 2 aromatic carbocycles. The zero-order chi connectivity index (χ0) is 15.2. The molecule has 110 valence electrons. The predicted molar refractivity (Wildman–Crippen MR) is 85.2 cm³/mol. The second-order valence-electron chi connectivity index (χ2n) is 4.42. The fourth-order valence-electron chi connectivity index (χ4n) is 1.94. The molecule has 0 aromatic heterocycles. The molecule has 0 aliphatic rings. The molecule has 2 aromatic rings. The summed E-state index contributed by atoms with van der Waals surface area (Å²) in [7, 11) is 1.59. The van der Waals surface area contributed by atoms with Crippen molar-refractivity contribution in [3.8, 4) is 5.75 Å². The van der Waals surface area contributed by atoms with Gasteiger partial charge >= 0.3 is 5.97 Å². The highest BCUT2D eigenvalue weighted by atomic mass is 32.2. The number of anilines is 1. The molecule has 0 radical (unpaired) electrons. The Morgan fingerprint density at radius 1 is 1.14 bits per heavy atom. The Labute approximate surface area is 128 Å². The maximum Gasteiger partial charge on any atom is 0.330 e. The van der Waals surface area contributed by atoms with Crippen LogP contribution in [0, 0.1) is 0 Å². The van der Waals surface area contributed by atoms with Gasteiger partial charge in [0, 0.05) is 10.6 Å². The summed E-state index contributed by atoms with van der Waals surface area (Å²) in [5.74, 6) is -0.181. The van der Waals surface area contributed by atoms with Crippen molar-refractivity contribution < 1.29 is 14.6 Å². The Morgan fingerprint density at radius 3 is 2.24 bits per heavy atom. The Hall–Kier alpha value is -2.14. The maximum atomic E-state index is 11.5. The van der Waals surface area contributed by atoms with Crippen LogP contribution in [0.1, 0.15) is 11.6 Å². The Bertz CT molecular complexity index is 596. The molecule has 2 N–H and O–H groups in total. The topological polar surface area (TPSA) is 58.6 Å². The lowest BCUT2D eigenvalue weighted by Crippen LogP contribution is -2.20. The minimum absolute atomic E-state index is 0.719. The molecule has 1 atom stereocenters. The third-order valence-corrected chi connectivity index (χ3v) is 3.84. The van der Waals surface area contributed by atoms with Crippen molar-refractivity contribution in [2.45, 2.75) is 10.9 Å². The maximum absolute atomic E-state index is 11.5. The molecule has 0 saturated carbocycles. The number of hydrogen-bond donors (Lipinski definition) is 2. The van der Waals surface area contributed by atoms with Gasteiger partial charge in [0.05, 0.1) is 7.11 Å². The van der Waals surface area contributed by atoms with E-state index in [4.69, 9.17) is 4.74 Å². The summed E-state index contributed by atoms with van der Waals surface area (Å²) in [6.45, 7) is 0. The lowest BCUT2D eigenvalue weighted by Gasteiger charge is -2.16. The van der Waals surface area contributed by atoms with Gasteiger partial charge in [-0.05, 0) is 48.2 Å². The van der Waals surface area contributed by atoms with E-state index in [1.807, 2.05) is 30.5 Å². The molecule has 0 amide bonds. The van der Waals surface area contributed by atoms with E-state index in [0.717, 1.165) is 21.9 Å². The zero-order valence-electron chi connectivity index (χ0n) is 11.9. The number of thioether (sulfide) groups is 1. The number of rotatable bonds is 6. The van der Waals surface area contributed by atoms with Crippen molar-refractivity contribution in [2.75, 3.05) is 18.7 Å². The minimum Gasteiger partial charge on any atom is -0.497 e. The van der Waals surface area contributed by atoms with Gasteiger partial charge in [0.25, 0.3) is 0 Å². The lowest BCUT2D eigenvalue weighted by atomic mass is 10.1. The van der Waals surface area contributed by atoms with Crippen LogP contribution in [0.3, 0.4) is 0 Å². The van der Waals surface area contributed by atoms with Crippen LogP contribution in [-0.2, 0) is 4.79 Å². The zero-order valence-corrected chi connectivity index (χ0v) is 12.7. The molecule has 0 heterocycles. The van der Waals surface area contributed by atoms with E-state index >= 15 is 0 Å². The van der Waals surface area contributed by atoms with E-state index in [9.17, 15) is 9.90 Å². The summed E-state index contributed by atoms with van der Waals surface area (Å²) in [6, 6.07) is 13.9. The largest absolute Gasteiger partial charge is 0.497 e. The molecular formula is C16H17NO3S. The molecule has 2 rings (SSSR count). The quantitative estimate of drug-likeness (QED) is 0.798. The number of carboxylic acid groups (broad SMARTS) is 1. The van der Waals surface area contributed by atoms with E-state index in [1.165, 1.54) is 0 Å². The molecule has 0 aliphatic heterocycles. The first-order chi connectivity index (χ1) is 10.1. The van der Waals surface area contributed by atoms with Crippen LogP contribution in [0.4, 0.5) is 5.69 Å². The van der Waals surface area contributed by atoms with Gasteiger partial charge in [0.2, 0.25) is 0 Å². The number of ether oxygens (including phenoxy) is 1. The van der Waals surface area contributed by atoms with Crippen molar-refractivity contribution in [3.63, 3.8) is 0 Å². The van der Waals surface area contributed by atoms with Gasteiger partial charge < -0.3 is 15.2 Å². The molecule has 0 bridgehead atoms. The monoisotopic (exact) mass is 303 g/mol. The highest BCUT2D eigenvalue weighted by molar-refractivity contribution is 7.98. The average molecular weight is 303 g/mol. The number of aliphatic carboxylic acids is 1. The number of hydrogen-bond acceptors (Lipinski definition) is 4. The fourth-order valence-corrected chi connectivity index (χ4v) is 2.35. The smallest absolute Gasteiger partial charge is 0.330 e. The molecule has 5 heteroatoms. The number of carbonyl (C=O) groups is 1. The standard InChI is InChI=1S/C16H17NO3S/c1-20-13-7-5-12(6-8-13)17-15(16(18)19)11-3-9-14(21-2)10-4-11/h3-10,15,17H,1-2H3,(H,18,19). The number of carboxylic acids is 1. The summed E-state index contributed by atoms with van der Waals surface area (Å²) in [4.78, 5) is 12.6. The van der Waals surface area contributed by atoms with E-state index < -0.39 is 12.0 Å². The van der Waals surface area contributed by atoms with Gasteiger partial charge in [-0.3, -0.25) is 0 Å². The van der Waals surface area contributed by atoms with Crippen LogP contribution in [0.5, 0.6) is 5.75 Å². The van der Waals surface area contributed by atoms with Crippen molar-refractivity contribution in [3.05, 3.63) is 54.1 Å². The Morgan fingerprint density at radius 2 is 1.76 bits per heavy atom. The van der Waals surface area contributed by atoms with Crippen LogP contribution in [0.25, 0.3) is 0 Å². The first kappa shape index (κ1) is 15.3. The summed E-state index contributed by atoms with van der Waals surface area (Å²) in [5, 5.41) is 12.4. The Kier molecular flexibility index (Phi) is 5.11. The Balaban J connectivity index is 2.19. The van der Waals surface area contributed by atoms with Crippen LogP contribution in [0.15, 0.2) is 53.4 Å². The van der Waals surface area contributed by atoms with Gasteiger partial charge in [-0.2, -0.15) is 0 Å². The van der Waals surface area contributed by atoms with Crippen LogP contribution in [-0.4, -0.2) is 24.4 Å². The van der Waals surface area contributed by atoms with Gasteiger partial charge in [0.1, 0.15) is 5.75 Å².